The van der Waals surface area contributed by atoms with Gasteiger partial charge in [-0.3, -0.25) is 0 Å². The Labute approximate surface area is 151 Å². The Balaban J connectivity index is 1.54. The van der Waals surface area contributed by atoms with Gasteiger partial charge in [-0.15, -0.1) is 0 Å². The van der Waals surface area contributed by atoms with Crippen molar-refractivity contribution in [2.45, 2.75) is 31.7 Å². The third-order valence-electron chi connectivity index (χ3n) is 5.88. The fourth-order valence-electron chi connectivity index (χ4n) is 4.05. The zero-order valence-electron chi connectivity index (χ0n) is 15.5. The van der Waals surface area contributed by atoms with Gasteiger partial charge in [-0.05, 0) is 49.8 Å². The van der Waals surface area contributed by atoms with E-state index in [1.54, 1.807) is 19.0 Å². The Hall–Kier alpha value is -1.59. The largest absolute Gasteiger partial charge is 0.379 e. The summed E-state index contributed by atoms with van der Waals surface area (Å²) in [6, 6.07) is 10.8. The molecule has 2 aliphatic rings. The van der Waals surface area contributed by atoms with Crippen LogP contribution in [-0.2, 0) is 11.2 Å². The quantitative estimate of drug-likeness (QED) is 0.911. The van der Waals surface area contributed by atoms with E-state index in [1.165, 1.54) is 5.56 Å². The van der Waals surface area contributed by atoms with E-state index in [2.05, 4.69) is 40.5 Å². The highest BCUT2D eigenvalue weighted by Crippen LogP contribution is 2.41. The summed E-state index contributed by atoms with van der Waals surface area (Å²) < 4.78 is 5.68. The van der Waals surface area contributed by atoms with Crippen molar-refractivity contribution in [2.24, 2.45) is 5.41 Å². The number of benzene rings is 1. The predicted octanol–water partition coefficient (Wildman–Crippen LogP) is 2.37. The molecule has 0 aromatic heterocycles. The predicted molar refractivity (Wildman–Crippen MR) is 99.7 cm³/mol. The molecule has 2 heterocycles. The van der Waals surface area contributed by atoms with Crippen LogP contribution in [0.5, 0.6) is 0 Å². The Morgan fingerprint density at radius 1 is 1.24 bits per heavy atom. The second-order valence-corrected chi connectivity index (χ2v) is 7.66. The molecular weight excluding hydrogens is 314 g/mol. The van der Waals surface area contributed by atoms with Crippen LogP contribution >= 0.6 is 0 Å². The molecule has 2 aliphatic heterocycles. The molecule has 1 N–H and O–H groups in total. The molecule has 1 aromatic carbocycles. The molecule has 5 heteroatoms. The maximum absolute atomic E-state index is 12.1. The fourth-order valence-corrected chi connectivity index (χ4v) is 4.05. The van der Waals surface area contributed by atoms with Crippen molar-refractivity contribution in [3.8, 4) is 0 Å². The molecule has 2 saturated heterocycles. The lowest BCUT2D eigenvalue weighted by molar-refractivity contribution is -0.0472. The Morgan fingerprint density at radius 3 is 2.64 bits per heavy atom. The van der Waals surface area contributed by atoms with E-state index in [-0.39, 0.29) is 17.5 Å². The summed E-state index contributed by atoms with van der Waals surface area (Å²) >= 11 is 0. The van der Waals surface area contributed by atoms with Gasteiger partial charge in [-0.1, -0.05) is 30.3 Å². The summed E-state index contributed by atoms with van der Waals surface area (Å²) in [5, 5.41) is 3.20. The van der Waals surface area contributed by atoms with Crippen LogP contribution in [0.25, 0.3) is 0 Å². The summed E-state index contributed by atoms with van der Waals surface area (Å²) in [5.41, 5.74) is 1.61. The molecule has 1 atom stereocenters. The highest BCUT2D eigenvalue weighted by molar-refractivity contribution is 5.74. The Bertz CT molecular complexity index is 553. The summed E-state index contributed by atoms with van der Waals surface area (Å²) in [7, 11) is 3.58. The van der Waals surface area contributed by atoms with Gasteiger partial charge in [0.15, 0.2) is 0 Å². The molecule has 3 rings (SSSR count). The van der Waals surface area contributed by atoms with Crippen LogP contribution in [0.15, 0.2) is 30.3 Å². The third-order valence-corrected chi connectivity index (χ3v) is 5.88. The highest BCUT2D eigenvalue weighted by Gasteiger charge is 2.44. The van der Waals surface area contributed by atoms with Crippen LogP contribution in [-0.4, -0.2) is 68.8 Å². The van der Waals surface area contributed by atoms with Gasteiger partial charge in [0.1, 0.15) is 0 Å². The van der Waals surface area contributed by atoms with Gasteiger partial charge in [-0.25, -0.2) is 4.79 Å². The number of carbonyl (C=O) groups is 1. The van der Waals surface area contributed by atoms with Crippen LogP contribution in [0, 0.1) is 5.41 Å². The number of ether oxygens (including phenoxy) is 1. The molecule has 25 heavy (non-hydrogen) atoms. The number of piperidine rings is 1. The first-order chi connectivity index (χ1) is 12.1. The van der Waals surface area contributed by atoms with Crippen LogP contribution < -0.4 is 5.32 Å². The van der Waals surface area contributed by atoms with Crippen molar-refractivity contribution in [1.82, 2.24) is 15.1 Å². The summed E-state index contributed by atoms with van der Waals surface area (Å²) in [6.07, 6.45) is 4.45. The third kappa shape index (κ3) is 4.53. The average Bonchev–Trinajstić information content (AvgIpc) is 2.64. The van der Waals surface area contributed by atoms with E-state index in [9.17, 15) is 4.79 Å². The lowest BCUT2D eigenvalue weighted by Gasteiger charge is -2.49. The van der Waals surface area contributed by atoms with Crippen molar-refractivity contribution < 1.29 is 9.53 Å². The van der Waals surface area contributed by atoms with Gasteiger partial charge in [0.05, 0.1) is 12.6 Å². The second-order valence-electron chi connectivity index (χ2n) is 7.66. The molecule has 0 bridgehead atoms. The minimum atomic E-state index is -0.0126. The number of carbonyl (C=O) groups excluding carboxylic acids is 1. The number of nitrogens with one attached hydrogen (secondary N) is 1. The molecule has 0 radical (unpaired) electrons. The molecule has 1 spiro atoms. The smallest absolute Gasteiger partial charge is 0.317 e. The summed E-state index contributed by atoms with van der Waals surface area (Å²) in [5.74, 6) is 0. The van der Waals surface area contributed by atoms with Crippen LogP contribution in [0.3, 0.4) is 0 Å². The Morgan fingerprint density at radius 2 is 1.96 bits per heavy atom. The van der Waals surface area contributed by atoms with Crippen LogP contribution in [0.1, 0.15) is 24.8 Å². The summed E-state index contributed by atoms with van der Waals surface area (Å²) in [6.45, 7) is 4.80. The molecule has 1 aromatic rings. The van der Waals surface area contributed by atoms with Crippen LogP contribution in [0.4, 0.5) is 4.79 Å². The average molecular weight is 345 g/mol. The lowest BCUT2D eigenvalue weighted by atomic mass is 9.69. The molecule has 1 unspecified atom stereocenters. The standard InChI is InChI=1S/C20H31N3O2/c1-22(2)19(24)21-18-16-25-15-11-20(18)9-13-23(14-10-20)12-8-17-6-4-3-5-7-17/h3-7,18H,8-16H2,1-2H3,(H,21,24). The number of hydrogen-bond acceptors (Lipinski definition) is 3. The van der Waals surface area contributed by atoms with Crippen molar-refractivity contribution >= 4 is 6.03 Å². The molecule has 0 saturated carbocycles. The first kappa shape index (κ1) is 18.2. The Kier molecular flexibility index (Phi) is 5.97. The molecule has 0 aliphatic carbocycles. The molecular formula is C20H31N3O2. The molecule has 2 amide bonds. The number of likely N-dealkylation sites (tertiary alicyclic amines) is 1. The highest BCUT2D eigenvalue weighted by atomic mass is 16.5. The zero-order chi connectivity index (χ0) is 17.7. The van der Waals surface area contributed by atoms with Gasteiger partial charge < -0.3 is 19.9 Å². The zero-order valence-corrected chi connectivity index (χ0v) is 15.5. The number of rotatable bonds is 4. The van der Waals surface area contributed by atoms with Gasteiger partial charge in [0.25, 0.3) is 0 Å². The lowest BCUT2D eigenvalue weighted by Crippen LogP contribution is -2.58. The minimum Gasteiger partial charge on any atom is -0.379 e. The number of hydrogen-bond donors (Lipinski definition) is 1. The monoisotopic (exact) mass is 345 g/mol. The number of urea groups is 1. The SMILES string of the molecule is CN(C)C(=O)NC1COCCC12CCN(CCc1ccccc1)CC2. The van der Waals surface area contributed by atoms with Gasteiger partial charge in [0, 0.05) is 27.2 Å². The number of nitrogens with zero attached hydrogens (tertiary/aromatic N) is 2. The maximum Gasteiger partial charge on any atom is 0.317 e. The topological polar surface area (TPSA) is 44.8 Å². The maximum atomic E-state index is 12.1. The van der Waals surface area contributed by atoms with E-state index < -0.39 is 0 Å². The van der Waals surface area contributed by atoms with Crippen molar-refractivity contribution in [2.75, 3.05) is 46.9 Å². The molecule has 138 valence electrons. The molecule has 5 nitrogen and oxygen atoms in total. The van der Waals surface area contributed by atoms with Gasteiger partial charge in [0.2, 0.25) is 0 Å². The summed E-state index contributed by atoms with van der Waals surface area (Å²) in [4.78, 5) is 16.3. The van der Waals surface area contributed by atoms with Crippen molar-refractivity contribution in [3.63, 3.8) is 0 Å². The van der Waals surface area contributed by atoms with E-state index in [0.717, 1.165) is 51.9 Å². The van der Waals surface area contributed by atoms with E-state index in [4.69, 9.17) is 4.74 Å². The van der Waals surface area contributed by atoms with E-state index in [0.29, 0.717) is 6.61 Å². The van der Waals surface area contributed by atoms with Crippen LogP contribution in [0.2, 0.25) is 0 Å². The second kappa shape index (κ2) is 8.19. The first-order valence-corrected chi connectivity index (χ1v) is 9.41. The van der Waals surface area contributed by atoms with Crippen molar-refractivity contribution in [3.05, 3.63) is 35.9 Å². The molecule has 2 fully saturated rings. The number of amides is 2. The fraction of sp³-hybridized carbons (Fsp3) is 0.650. The van der Waals surface area contributed by atoms with Gasteiger partial charge in [-0.2, -0.15) is 0 Å². The minimum absolute atomic E-state index is 0.0126. The van der Waals surface area contributed by atoms with E-state index >= 15 is 0 Å². The van der Waals surface area contributed by atoms with E-state index in [1.807, 2.05) is 0 Å². The van der Waals surface area contributed by atoms with Gasteiger partial charge >= 0.3 is 6.03 Å². The normalized spacial score (nSPS) is 23.4. The van der Waals surface area contributed by atoms with Crippen molar-refractivity contribution in [1.29, 1.82) is 0 Å². The first-order valence-electron chi connectivity index (χ1n) is 9.41.